The van der Waals surface area contributed by atoms with E-state index in [1.54, 1.807) is 4.90 Å². The van der Waals surface area contributed by atoms with Gasteiger partial charge in [0.05, 0.1) is 4.92 Å². The highest BCUT2D eigenvalue weighted by atomic mass is 16.6. The van der Waals surface area contributed by atoms with Crippen LogP contribution in [0.4, 0.5) is 11.6 Å². The first-order chi connectivity index (χ1) is 10.1. The van der Waals surface area contributed by atoms with Crippen LogP contribution < -0.4 is 4.90 Å². The minimum Gasteiger partial charge on any atom is -0.480 e. The molecule has 0 amide bonds. The molecule has 8 nitrogen and oxygen atoms in total. The van der Waals surface area contributed by atoms with Crippen molar-refractivity contribution >= 4 is 17.6 Å². The Hall–Kier alpha value is -2.25. The summed E-state index contributed by atoms with van der Waals surface area (Å²) in [5.74, 6) is -0.257. The fourth-order valence-corrected chi connectivity index (χ4v) is 3.51. The van der Waals surface area contributed by atoms with Gasteiger partial charge in [0.15, 0.2) is 0 Å². The van der Waals surface area contributed by atoms with E-state index in [1.807, 2.05) is 0 Å². The molecule has 8 heteroatoms. The van der Waals surface area contributed by atoms with Crippen molar-refractivity contribution in [3.8, 4) is 0 Å². The van der Waals surface area contributed by atoms with Gasteiger partial charge in [0.2, 0.25) is 5.95 Å². The highest BCUT2D eigenvalue weighted by molar-refractivity contribution is 5.78. The highest BCUT2D eigenvalue weighted by Gasteiger charge is 2.46. The lowest BCUT2D eigenvalue weighted by Crippen LogP contribution is -2.43. The lowest BCUT2D eigenvalue weighted by Gasteiger charge is -2.32. The molecule has 0 bridgehead atoms. The summed E-state index contributed by atoms with van der Waals surface area (Å²) in [6.45, 7) is 0. The molecule has 1 N–H and O–H groups in total. The van der Waals surface area contributed by atoms with Crippen molar-refractivity contribution < 1.29 is 14.8 Å². The monoisotopic (exact) mass is 292 g/mol. The van der Waals surface area contributed by atoms with E-state index < -0.39 is 16.9 Å². The van der Waals surface area contributed by atoms with Gasteiger partial charge in [0.1, 0.15) is 18.4 Å². The minimum atomic E-state index is -0.883. The van der Waals surface area contributed by atoms with Gasteiger partial charge in [-0.15, -0.1) is 0 Å². The number of nitrogens with zero attached hydrogens (tertiary/aromatic N) is 4. The van der Waals surface area contributed by atoms with Gasteiger partial charge in [-0.3, -0.25) is 10.1 Å². The van der Waals surface area contributed by atoms with Gasteiger partial charge in [-0.05, 0) is 25.2 Å². The molecule has 1 aromatic heterocycles. The number of nitro groups is 1. The van der Waals surface area contributed by atoms with Crippen LogP contribution >= 0.6 is 0 Å². The van der Waals surface area contributed by atoms with Crippen molar-refractivity contribution in [2.24, 2.45) is 5.92 Å². The van der Waals surface area contributed by atoms with Crippen LogP contribution in [0.3, 0.4) is 0 Å². The molecule has 21 heavy (non-hydrogen) atoms. The maximum Gasteiger partial charge on any atom is 0.326 e. The Bertz CT molecular complexity index is 562. The second-order valence-electron chi connectivity index (χ2n) is 5.61. The number of carboxylic acid groups (broad SMARTS) is 1. The number of hydrogen-bond acceptors (Lipinski definition) is 6. The maximum atomic E-state index is 11.5. The zero-order valence-corrected chi connectivity index (χ0v) is 11.4. The number of aliphatic carboxylic acids is 1. The summed E-state index contributed by atoms with van der Waals surface area (Å²) in [6.07, 6.45) is 7.02. The van der Waals surface area contributed by atoms with Gasteiger partial charge in [-0.1, -0.05) is 12.8 Å². The van der Waals surface area contributed by atoms with Crippen molar-refractivity contribution in [3.05, 3.63) is 22.5 Å². The summed E-state index contributed by atoms with van der Waals surface area (Å²) in [5.41, 5.74) is -0.190. The molecule has 3 unspecified atom stereocenters. The molecule has 1 aromatic rings. The topological polar surface area (TPSA) is 109 Å². The molecule has 0 aromatic carbocycles. The molecular formula is C13H16N4O4. The lowest BCUT2D eigenvalue weighted by molar-refractivity contribution is -0.385. The first-order valence-electron chi connectivity index (χ1n) is 7.05. The van der Waals surface area contributed by atoms with Crippen LogP contribution in [0.5, 0.6) is 0 Å². The number of carbonyl (C=O) groups is 1. The summed E-state index contributed by atoms with van der Waals surface area (Å²) in [4.78, 5) is 31.4. The fraction of sp³-hybridized carbons (Fsp3) is 0.615. The first kappa shape index (κ1) is 13.7. The Morgan fingerprint density at radius 2 is 2.00 bits per heavy atom. The van der Waals surface area contributed by atoms with Gasteiger partial charge < -0.3 is 10.0 Å². The van der Waals surface area contributed by atoms with Gasteiger partial charge >= 0.3 is 11.7 Å². The smallest absolute Gasteiger partial charge is 0.326 e. The predicted octanol–water partition coefficient (Wildman–Crippen LogP) is 1.61. The fourth-order valence-electron chi connectivity index (χ4n) is 3.51. The molecule has 112 valence electrons. The van der Waals surface area contributed by atoms with E-state index in [9.17, 15) is 20.0 Å². The SMILES string of the molecule is O=C(O)C1CC2CCCCC2N1c1ncc([N+](=O)[O-])cn1. The third kappa shape index (κ3) is 2.41. The van der Waals surface area contributed by atoms with Gasteiger partial charge in [-0.2, -0.15) is 0 Å². The lowest BCUT2D eigenvalue weighted by atomic mass is 9.85. The largest absolute Gasteiger partial charge is 0.480 e. The third-order valence-corrected chi connectivity index (χ3v) is 4.44. The van der Waals surface area contributed by atoms with E-state index in [0.717, 1.165) is 38.1 Å². The summed E-state index contributed by atoms with van der Waals surface area (Å²) >= 11 is 0. The molecule has 2 heterocycles. The molecule has 1 aliphatic carbocycles. The standard InChI is InChI=1S/C13H16N4O4/c18-12(19)11-5-8-3-1-2-4-10(8)16(11)13-14-6-9(7-15-13)17(20)21/h6-8,10-11H,1-5H2,(H,18,19). The van der Waals surface area contributed by atoms with Crippen LogP contribution in [0, 0.1) is 16.0 Å². The summed E-state index contributed by atoms with van der Waals surface area (Å²) in [5, 5.41) is 20.1. The second-order valence-corrected chi connectivity index (χ2v) is 5.61. The normalized spacial score (nSPS) is 28.2. The molecule has 1 saturated heterocycles. The zero-order chi connectivity index (χ0) is 15.0. The van der Waals surface area contributed by atoms with Gasteiger partial charge in [0, 0.05) is 6.04 Å². The highest BCUT2D eigenvalue weighted by Crippen LogP contribution is 2.41. The Morgan fingerprint density at radius 1 is 1.33 bits per heavy atom. The molecule has 1 saturated carbocycles. The quantitative estimate of drug-likeness (QED) is 0.665. The second kappa shape index (κ2) is 5.27. The summed E-state index contributed by atoms with van der Waals surface area (Å²) in [6, 6.07) is -0.513. The number of rotatable bonds is 3. The average Bonchev–Trinajstić information content (AvgIpc) is 2.87. The molecule has 2 aliphatic rings. The van der Waals surface area contributed by atoms with Crippen molar-refractivity contribution in [1.29, 1.82) is 0 Å². The molecule has 0 spiro atoms. The molecule has 3 atom stereocenters. The van der Waals surface area contributed by atoms with Crippen molar-refractivity contribution in [2.45, 2.75) is 44.2 Å². The van der Waals surface area contributed by atoms with Crippen LogP contribution in [0.15, 0.2) is 12.4 Å². The average molecular weight is 292 g/mol. The van der Waals surface area contributed by atoms with E-state index in [1.165, 1.54) is 0 Å². The van der Waals surface area contributed by atoms with Gasteiger partial charge in [0.25, 0.3) is 0 Å². The van der Waals surface area contributed by atoms with E-state index in [0.29, 0.717) is 12.3 Å². The number of hydrogen-bond donors (Lipinski definition) is 1. The van der Waals surface area contributed by atoms with Gasteiger partial charge in [-0.25, -0.2) is 14.8 Å². The number of aromatic nitrogens is 2. The summed E-state index contributed by atoms with van der Waals surface area (Å²) in [7, 11) is 0. The first-order valence-corrected chi connectivity index (χ1v) is 7.05. The Kier molecular flexibility index (Phi) is 3.44. The van der Waals surface area contributed by atoms with Crippen LogP contribution in [0.2, 0.25) is 0 Å². The van der Waals surface area contributed by atoms with Crippen LogP contribution in [-0.4, -0.2) is 38.1 Å². The van der Waals surface area contributed by atoms with Crippen LogP contribution in [0.25, 0.3) is 0 Å². The van der Waals surface area contributed by atoms with E-state index in [2.05, 4.69) is 9.97 Å². The molecule has 3 rings (SSSR count). The van der Waals surface area contributed by atoms with E-state index in [4.69, 9.17) is 0 Å². The number of anilines is 1. The van der Waals surface area contributed by atoms with Crippen LogP contribution in [-0.2, 0) is 4.79 Å². The Labute approximate surface area is 121 Å². The predicted molar refractivity (Wildman–Crippen MR) is 73.0 cm³/mol. The Morgan fingerprint density at radius 3 is 2.62 bits per heavy atom. The van der Waals surface area contributed by atoms with Crippen LogP contribution in [0.1, 0.15) is 32.1 Å². The Balaban J connectivity index is 1.92. The molecular weight excluding hydrogens is 276 g/mol. The third-order valence-electron chi connectivity index (χ3n) is 4.44. The summed E-state index contributed by atoms with van der Waals surface area (Å²) < 4.78 is 0. The van der Waals surface area contributed by atoms with Crippen molar-refractivity contribution in [3.63, 3.8) is 0 Å². The molecule has 0 radical (unpaired) electrons. The van der Waals surface area contributed by atoms with Crippen molar-refractivity contribution in [1.82, 2.24) is 9.97 Å². The molecule has 2 fully saturated rings. The van der Waals surface area contributed by atoms with Crippen molar-refractivity contribution in [2.75, 3.05) is 4.90 Å². The zero-order valence-electron chi connectivity index (χ0n) is 11.4. The minimum absolute atomic E-state index is 0.126. The van der Waals surface area contributed by atoms with E-state index in [-0.39, 0.29) is 17.7 Å². The maximum absolute atomic E-state index is 11.5. The molecule has 1 aliphatic heterocycles. The number of fused-ring (bicyclic) bond motifs is 1. The number of carboxylic acids is 1. The van der Waals surface area contributed by atoms with E-state index >= 15 is 0 Å².